The maximum atomic E-state index is 12.4. The van der Waals surface area contributed by atoms with Crippen molar-refractivity contribution in [2.24, 2.45) is 0 Å². The van der Waals surface area contributed by atoms with Crippen LogP contribution in [0.5, 0.6) is 0 Å². The number of aliphatic carboxylic acids is 1. The highest BCUT2D eigenvalue weighted by atomic mass is 35.5. The summed E-state index contributed by atoms with van der Waals surface area (Å²) in [6.45, 7) is 1.73. The van der Waals surface area contributed by atoms with Crippen LogP contribution in [0.15, 0.2) is 152 Å². The predicted molar refractivity (Wildman–Crippen MR) is 307 cm³/mol. The maximum Gasteiger partial charge on any atom is 0.394 e. The van der Waals surface area contributed by atoms with E-state index in [1.165, 1.54) is 25.7 Å². The van der Waals surface area contributed by atoms with Gasteiger partial charge in [-0.3, -0.25) is 23.5 Å². The summed E-state index contributed by atoms with van der Waals surface area (Å²) in [5, 5.41) is 39.5. The molecule has 10 rings (SSSR count). The summed E-state index contributed by atoms with van der Waals surface area (Å²) in [6.07, 6.45) is 10.3. The Hall–Kier alpha value is -6.04. The Balaban J connectivity index is 0.000000190. The zero-order valence-electron chi connectivity index (χ0n) is 45.6. The molecule has 5 heterocycles. The monoisotopic (exact) mass is 1140 g/mol. The second kappa shape index (κ2) is 29.6. The van der Waals surface area contributed by atoms with Crippen LogP contribution < -0.4 is 0 Å². The SMILES string of the molecule is CN1C2CCC1CC(OC(=O)C(CO)c1ccccc1)C2.CN1C2CCC1CC(OC(=O)C(CO)c1ccccc1)C2.Cl.N#CC(CCN1CCC(C(=O)O)(c2ccccc2)CC1)(c1ccccc1)c1ccccc1.O=S(=O)(O)O. The third-order valence-electron chi connectivity index (χ3n) is 17.0. The molecule has 0 aliphatic carbocycles. The molecule has 5 aromatic carbocycles. The van der Waals surface area contributed by atoms with Crippen molar-refractivity contribution in [1.82, 2.24) is 14.7 Å². The lowest BCUT2D eigenvalue weighted by atomic mass is 9.71. The molecule has 4 bridgehead atoms. The number of piperidine rings is 3. The molecule has 5 aromatic rings. The molecule has 5 aliphatic rings. The van der Waals surface area contributed by atoms with Gasteiger partial charge >= 0.3 is 28.3 Å². The van der Waals surface area contributed by atoms with Gasteiger partial charge in [0, 0.05) is 30.7 Å². The van der Waals surface area contributed by atoms with Crippen LogP contribution in [0.4, 0.5) is 0 Å². The van der Waals surface area contributed by atoms with E-state index in [4.69, 9.17) is 27.0 Å². The van der Waals surface area contributed by atoms with E-state index in [1.54, 1.807) is 0 Å². The lowest BCUT2D eigenvalue weighted by Gasteiger charge is -2.40. The van der Waals surface area contributed by atoms with Gasteiger partial charge in [0.05, 0.1) is 24.7 Å². The summed E-state index contributed by atoms with van der Waals surface area (Å²) < 4.78 is 43.0. The van der Waals surface area contributed by atoms with Crippen molar-refractivity contribution in [2.75, 3.05) is 46.9 Å². The average Bonchev–Trinajstić information content (AvgIpc) is 3.80. The van der Waals surface area contributed by atoms with Crippen molar-refractivity contribution >= 4 is 40.7 Å². The lowest BCUT2D eigenvalue weighted by Crippen LogP contribution is -2.48. The predicted octanol–water partition coefficient (Wildman–Crippen LogP) is 8.64. The second-order valence-corrected chi connectivity index (χ2v) is 22.4. The lowest BCUT2D eigenvalue weighted by molar-refractivity contribution is -0.156. The molecule has 0 aromatic heterocycles. The Morgan fingerprint density at radius 2 is 0.938 bits per heavy atom. The number of nitrogens with zero attached hydrogens (tertiary/aromatic N) is 4. The van der Waals surface area contributed by atoms with Gasteiger partial charge in [-0.15, -0.1) is 12.4 Å². The molecule has 16 nitrogen and oxygen atoms in total. The molecule has 5 aliphatic heterocycles. The number of aliphatic hydroxyl groups excluding tert-OH is 2. The smallest absolute Gasteiger partial charge is 0.394 e. The van der Waals surface area contributed by atoms with Crippen molar-refractivity contribution in [2.45, 2.75) is 130 Å². The van der Waals surface area contributed by atoms with E-state index in [-0.39, 0.29) is 49.8 Å². The molecular weight excluding hydrogens is 1060 g/mol. The van der Waals surface area contributed by atoms with Crippen LogP contribution in [0.25, 0.3) is 0 Å². The van der Waals surface area contributed by atoms with Crippen LogP contribution in [0.2, 0.25) is 0 Å². The van der Waals surface area contributed by atoms with Crippen molar-refractivity contribution in [1.29, 1.82) is 5.26 Å². The van der Waals surface area contributed by atoms with E-state index < -0.39 is 39.0 Å². The van der Waals surface area contributed by atoms with Gasteiger partial charge in [0.1, 0.15) is 29.5 Å². The topological polar surface area (TPSA) is 238 Å². The van der Waals surface area contributed by atoms with E-state index in [1.807, 2.05) is 152 Å². The number of carboxylic acid groups (broad SMARTS) is 1. The highest BCUT2D eigenvalue weighted by molar-refractivity contribution is 7.79. The number of nitriles is 1. The van der Waals surface area contributed by atoms with Crippen LogP contribution in [0.3, 0.4) is 0 Å². The third-order valence-corrected chi connectivity index (χ3v) is 17.0. The molecule has 5 saturated heterocycles. The zero-order chi connectivity index (χ0) is 56.6. The number of hydrogen-bond acceptors (Lipinski definition) is 13. The Kier molecular flexibility index (Phi) is 23.4. The number of carboxylic acids is 1. The summed E-state index contributed by atoms with van der Waals surface area (Å²) in [5.41, 5.74) is 2.95. The first-order valence-electron chi connectivity index (χ1n) is 27.4. The number of likely N-dealkylation sites (tertiary alicyclic amines) is 1. The summed E-state index contributed by atoms with van der Waals surface area (Å²) in [6, 6.07) is 53.1. The standard InChI is InChI=1S/C28H28N2O2.2C17H23NO3.ClH.H2O4S/c29-22-28(24-12-6-2-7-13-24,25-14-8-3-9-15-25)18-21-30-19-16-27(17-20-30,26(31)32)23-10-4-1-5-11-23;2*1-18-13-7-8-14(18)10-15(9-13)21-17(20)16(11-19)12-5-3-2-4-6-12;;1-5(2,3)4/h1-15H,16-21H2,(H,31,32);2*2-6,13-16,19H,7-11H2,1H3;1H;(H2,1,2,3,4). The van der Waals surface area contributed by atoms with E-state index in [0.29, 0.717) is 56.5 Å². The number of aliphatic hydroxyl groups is 2. The fourth-order valence-corrected chi connectivity index (χ4v) is 12.4. The minimum atomic E-state index is -4.67. The molecule has 430 valence electrons. The number of fused-ring (bicyclic) bond motifs is 4. The fourth-order valence-electron chi connectivity index (χ4n) is 12.4. The van der Waals surface area contributed by atoms with Crippen molar-refractivity contribution in [3.05, 3.63) is 179 Å². The van der Waals surface area contributed by atoms with E-state index in [0.717, 1.165) is 60.0 Å². The van der Waals surface area contributed by atoms with Gasteiger partial charge in [-0.25, -0.2) is 0 Å². The Morgan fingerprint density at radius 3 is 1.25 bits per heavy atom. The number of hydrogen-bond donors (Lipinski definition) is 5. The number of halogens is 1. The van der Waals surface area contributed by atoms with Crippen LogP contribution in [-0.4, -0.2) is 149 Å². The molecule has 6 unspecified atom stereocenters. The van der Waals surface area contributed by atoms with Crippen LogP contribution in [0, 0.1) is 11.3 Å². The number of rotatable bonds is 15. The van der Waals surface area contributed by atoms with Gasteiger partial charge in [-0.2, -0.15) is 13.7 Å². The molecule has 0 spiro atoms. The molecule has 18 heteroatoms. The van der Waals surface area contributed by atoms with Crippen molar-refractivity contribution < 1.29 is 56.7 Å². The summed E-state index contributed by atoms with van der Waals surface area (Å²) in [4.78, 5) is 44.1. The Labute approximate surface area is 477 Å². The van der Waals surface area contributed by atoms with Gasteiger partial charge in [-0.05, 0) is 126 Å². The summed E-state index contributed by atoms with van der Waals surface area (Å²) in [7, 11) is -0.332. The highest BCUT2D eigenvalue weighted by Gasteiger charge is 2.45. The minimum absolute atomic E-state index is 0. The first-order valence-corrected chi connectivity index (χ1v) is 28.8. The van der Waals surface area contributed by atoms with Crippen molar-refractivity contribution in [3.8, 4) is 6.07 Å². The molecule has 5 N–H and O–H groups in total. The number of esters is 2. The third kappa shape index (κ3) is 16.3. The zero-order valence-corrected chi connectivity index (χ0v) is 47.2. The van der Waals surface area contributed by atoms with Crippen molar-refractivity contribution in [3.63, 3.8) is 0 Å². The summed E-state index contributed by atoms with van der Waals surface area (Å²) >= 11 is 0. The second-order valence-electron chi connectivity index (χ2n) is 21.5. The molecule has 80 heavy (non-hydrogen) atoms. The first-order chi connectivity index (χ1) is 38.0. The first kappa shape index (κ1) is 63.1. The van der Waals surface area contributed by atoms with E-state index in [2.05, 4.69) is 34.9 Å². The van der Waals surface area contributed by atoms with Gasteiger partial charge in [0.25, 0.3) is 0 Å². The minimum Gasteiger partial charge on any atom is -0.481 e. The largest absolute Gasteiger partial charge is 0.481 e. The maximum absolute atomic E-state index is 12.4. The number of carbonyl (C=O) groups excluding carboxylic acids is 2. The molecule has 0 saturated carbocycles. The quantitative estimate of drug-likeness (QED) is 0.0487. The van der Waals surface area contributed by atoms with Gasteiger partial charge in [0.2, 0.25) is 0 Å². The molecule has 0 radical (unpaired) electrons. The number of ether oxygens (including phenoxy) is 2. The average molecular weight is 1140 g/mol. The summed E-state index contributed by atoms with van der Waals surface area (Å²) in [5.74, 6) is -2.47. The van der Waals surface area contributed by atoms with Gasteiger partial charge in [0.15, 0.2) is 0 Å². The number of benzene rings is 5. The Morgan fingerprint density at radius 1 is 0.613 bits per heavy atom. The molecule has 5 fully saturated rings. The van der Waals surface area contributed by atoms with Crippen LogP contribution >= 0.6 is 12.4 Å². The molecule has 0 amide bonds. The Bertz CT molecular complexity index is 2700. The highest BCUT2D eigenvalue weighted by Crippen LogP contribution is 2.40. The normalized spacial score (nSPS) is 23.0. The van der Waals surface area contributed by atoms with Gasteiger partial charge < -0.3 is 39.5 Å². The van der Waals surface area contributed by atoms with E-state index >= 15 is 0 Å². The number of carbonyl (C=O) groups is 3. The van der Waals surface area contributed by atoms with E-state index in [9.17, 15) is 35.0 Å². The van der Waals surface area contributed by atoms with Crippen LogP contribution in [0.1, 0.15) is 110 Å². The fraction of sp³-hybridized carbons (Fsp3) is 0.452. The van der Waals surface area contributed by atoms with Gasteiger partial charge in [-0.1, -0.05) is 152 Å². The molecular formula is C62H77ClN4O12S. The molecule has 6 atom stereocenters. The van der Waals surface area contributed by atoms with Crippen LogP contribution in [-0.2, 0) is 45.1 Å².